The van der Waals surface area contributed by atoms with E-state index in [4.69, 9.17) is 0 Å². The Morgan fingerprint density at radius 2 is 1.61 bits per heavy atom. The Hall–Kier alpha value is -2.67. The second kappa shape index (κ2) is 8.56. The van der Waals surface area contributed by atoms with E-state index in [9.17, 15) is 13.2 Å². The highest BCUT2D eigenvalue weighted by Gasteiger charge is 2.20. The first-order chi connectivity index (χ1) is 13.0. The Bertz CT molecular complexity index is 945. The van der Waals surface area contributed by atoms with Gasteiger partial charge in [-0.3, -0.25) is 9.10 Å². The van der Waals surface area contributed by atoms with Gasteiger partial charge in [-0.25, -0.2) is 13.8 Å². The van der Waals surface area contributed by atoms with E-state index in [1.807, 2.05) is 24.3 Å². The summed E-state index contributed by atoms with van der Waals surface area (Å²) in [6.45, 7) is 7.87. The van der Waals surface area contributed by atoms with Crippen molar-refractivity contribution in [2.75, 3.05) is 17.1 Å². The summed E-state index contributed by atoms with van der Waals surface area (Å²) in [7, 11) is -3.60. The first-order valence-corrected chi connectivity index (χ1v) is 10.8. The molecule has 0 heterocycles. The number of rotatable bonds is 6. The summed E-state index contributed by atoms with van der Waals surface area (Å²) in [5.41, 5.74) is 5.66. The van der Waals surface area contributed by atoms with Gasteiger partial charge in [0.15, 0.2) is 0 Å². The average Bonchev–Trinajstić information content (AvgIpc) is 2.63. The highest BCUT2D eigenvalue weighted by atomic mass is 32.2. The molecule has 0 unspecified atom stereocenters. The van der Waals surface area contributed by atoms with Crippen LogP contribution in [0.2, 0.25) is 0 Å². The van der Waals surface area contributed by atoms with Crippen LogP contribution in [0.25, 0.3) is 0 Å². The molecular formula is C21H27N3O3S. The zero-order chi connectivity index (χ0) is 20.9. The number of carbonyl (C=O) groups excluding carboxylic acids is 1. The lowest BCUT2D eigenvalue weighted by molar-refractivity contribution is -0.119. The van der Waals surface area contributed by atoms with E-state index in [2.05, 4.69) is 31.3 Å². The number of amides is 1. The molecule has 6 nitrogen and oxygen atoms in total. The summed E-state index contributed by atoms with van der Waals surface area (Å²) in [4.78, 5) is 12.3. The predicted octanol–water partition coefficient (Wildman–Crippen LogP) is 3.29. The van der Waals surface area contributed by atoms with Crippen LogP contribution in [-0.2, 0) is 20.2 Å². The Labute approximate surface area is 167 Å². The number of sulfonamides is 1. The third kappa shape index (κ3) is 5.92. The van der Waals surface area contributed by atoms with E-state index < -0.39 is 15.9 Å². The van der Waals surface area contributed by atoms with Gasteiger partial charge in [0.25, 0.3) is 5.91 Å². The Morgan fingerprint density at radius 3 is 2.11 bits per heavy atom. The van der Waals surface area contributed by atoms with E-state index in [1.165, 1.54) is 5.56 Å². The summed E-state index contributed by atoms with van der Waals surface area (Å²) < 4.78 is 25.1. The third-order valence-corrected chi connectivity index (χ3v) is 5.39. The summed E-state index contributed by atoms with van der Waals surface area (Å²) in [5, 5.41) is 4.11. The van der Waals surface area contributed by atoms with Crippen molar-refractivity contribution in [3.63, 3.8) is 0 Å². The monoisotopic (exact) mass is 401 g/mol. The van der Waals surface area contributed by atoms with Crippen LogP contribution >= 0.6 is 0 Å². The predicted molar refractivity (Wildman–Crippen MR) is 114 cm³/mol. The van der Waals surface area contributed by atoms with Gasteiger partial charge in [-0.2, -0.15) is 5.10 Å². The van der Waals surface area contributed by atoms with E-state index in [1.54, 1.807) is 37.3 Å². The van der Waals surface area contributed by atoms with Gasteiger partial charge < -0.3 is 0 Å². The van der Waals surface area contributed by atoms with E-state index in [0.29, 0.717) is 11.4 Å². The van der Waals surface area contributed by atoms with Crippen molar-refractivity contribution in [1.82, 2.24) is 5.43 Å². The number of anilines is 1. The van der Waals surface area contributed by atoms with Crippen molar-refractivity contribution < 1.29 is 13.2 Å². The molecule has 0 aliphatic heterocycles. The van der Waals surface area contributed by atoms with Gasteiger partial charge >= 0.3 is 0 Å². The Kier molecular flexibility index (Phi) is 6.61. The number of carbonyl (C=O) groups is 1. The topological polar surface area (TPSA) is 78.8 Å². The average molecular weight is 402 g/mol. The molecule has 2 rings (SSSR count). The number of hydrogen-bond acceptors (Lipinski definition) is 4. The molecular weight excluding hydrogens is 374 g/mol. The SMILES string of the molecule is C/C(=N/NC(=O)CN(c1ccccc1)S(C)(=O)=O)c1ccc(C(C)(C)C)cc1. The van der Waals surface area contributed by atoms with Gasteiger partial charge in [0.2, 0.25) is 10.0 Å². The number of benzene rings is 2. The lowest BCUT2D eigenvalue weighted by atomic mass is 9.86. The maximum atomic E-state index is 12.3. The minimum atomic E-state index is -3.60. The van der Waals surface area contributed by atoms with Gasteiger partial charge in [0, 0.05) is 0 Å². The molecule has 28 heavy (non-hydrogen) atoms. The second-order valence-electron chi connectivity index (χ2n) is 7.66. The Balaban J connectivity index is 2.09. The molecule has 1 amide bonds. The molecule has 0 spiro atoms. The fraction of sp³-hybridized carbons (Fsp3) is 0.333. The highest BCUT2D eigenvalue weighted by molar-refractivity contribution is 7.92. The number of hydrazone groups is 1. The molecule has 0 saturated heterocycles. The third-order valence-electron chi connectivity index (χ3n) is 4.25. The molecule has 0 saturated carbocycles. The Morgan fingerprint density at radius 1 is 1.04 bits per heavy atom. The molecule has 0 aliphatic carbocycles. The van der Waals surface area contributed by atoms with Crippen molar-refractivity contribution in [2.24, 2.45) is 5.10 Å². The van der Waals surface area contributed by atoms with Crippen LogP contribution in [0.1, 0.15) is 38.8 Å². The lowest BCUT2D eigenvalue weighted by Gasteiger charge is -2.21. The summed E-state index contributed by atoms with van der Waals surface area (Å²) >= 11 is 0. The summed E-state index contributed by atoms with van der Waals surface area (Å²) in [6.07, 6.45) is 1.07. The maximum Gasteiger partial charge on any atom is 0.260 e. The molecule has 0 radical (unpaired) electrons. The fourth-order valence-electron chi connectivity index (χ4n) is 2.58. The van der Waals surface area contributed by atoms with E-state index in [-0.39, 0.29) is 12.0 Å². The van der Waals surface area contributed by atoms with Crippen molar-refractivity contribution in [3.05, 3.63) is 65.7 Å². The second-order valence-corrected chi connectivity index (χ2v) is 9.57. The minimum Gasteiger partial charge on any atom is -0.271 e. The molecule has 0 aromatic heterocycles. The van der Waals surface area contributed by atoms with Crippen molar-refractivity contribution in [3.8, 4) is 0 Å². The van der Waals surface area contributed by atoms with Gasteiger partial charge in [0.1, 0.15) is 6.54 Å². The molecule has 0 bridgehead atoms. The molecule has 7 heteroatoms. The standard InChI is InChI=1S/C21H27N3O3S/c1-16(17-11-13-18(14-12-17)21(2,3)4)22-23-20(25)15-24(28(5,26)27)19-9-7-6-8-10-19/h6-14H,15H2,1-5H3,(H,23,25)/b22-16-. The minimum absolute atomic E-state index is 0.0599. The van der Waals surface area contributed by atoms with E-state index >= 15 is 0 Å². The molecule has 1 N–H and O–H groups in total. The van der Waals surface area contributed by atoms with Gasteiger partial charge in [-0.1, -0.05) is 63.2 Å². The van der Waals surface area contributed by atoms with Gasteiger partial charge in [-0.15, -0.1) is 0 Å². The van der Waals surface area contributed by atoms with Crippen molar-refractivity contribution >= 4 is 27.3 Å². The fourth-order valence-corrected chi connectivity index (χ4v) is 3.44. The quantitative estimate of drug-likeness (QED) is 0.596. The van der Waals surface area contributed by atoms with Crippen LogP contribution in [0.3, 0.4) is 0 Å². The number of hydrogen-bond donors (Lipinski definition) is 1. The molecule has 0 aliphatic rings. The number of nitrogens with zero attached hydrogens (tertiary/aromatic N) is 2. The normalized spacial score (nSPS) is 12.5. The smallest absolute Gasteiger partial charge is 0.260 e. The first kappa shape index (κ1) is 21.6. The maximum absolute atomic E-state index is 12.3. The van der Waals surface area contributed by atoms with Crippen LogP contribution < -0.4 is 9.73 Å². The van der Waals surface area contributed by atoms with Gasteiger partial charge in [-0.05, 0) is 35.6 Å². The zero-order valence-electron chi connectivity index (χ0n) is 16.9. The van der Waals surface area contributed by atoms with Crippen LogP contribution in [-0.4, -0.2) is 32.8 Å². The molecule has 150 valence electrons. The van der Waals surface area contributed by atoms with Crippen LogP contribution in [0.4, 0.5) is 5.69 Å². The van der Waals surface area contributed by atoms with Crippen LogP contribution in [0, 0.1) is 0 Å². The summed E-state index contributed by atoms with van der Waals surface area (Å²) in [5.74, 6) is -0.514. The molecule has 0 atom stereocenters. The number of para-hydroxylation sites is 1. The molecule has 0 fully saturated rings. The first-order valence-electron chi connectivity index (χ1n) is 8.95. The van der Waals surface area contributed by atoms with Crippen LogP contribution in [0.15, 0.2) is 59.7 Å². The lowest BCUT2D eigenvalue weighted by Crippen LogP contribution is -2.39. The van der Waals surface area contributed by atoms with Crippen LogP contribution in [0.5, 0.6) is 0 Å². The largest absolute Gasteiger partial charge is 0.271 e. The highest BCUT2D eigenvalue weighted by Crippen LogP contribution is 2.22. The zero-order valence-corrected chi connectivity index (χ0v) is 17.7. The number of nitrogens with one attached hydrogen (secondary N) is 1. The van der Waals surface area contributed by atoms with Gasteiger partial charge in [0.05, 0.1) is 17.7 Å². The van der Waals surface area contributed by atoms with Crippen molar-refractivity contribution in [2.45, 2.75) is 33.1 Å². The molecule has 2 aromatic carbocycles. The molecule has 2 aromatic rings. The van der Waals surface area contributed by atoms with E-state index in [0.717, 1.165) is 16.1 Å². The summed E-state index contributed by atoms with van der Waals surface area (Å²) in [6, 6.07) is 16.5. The van der Waals surface area contributed by atoms with Crippen molar-refractivity contribution in [1.29, 1.82) is 0 Å².